The largest absolute Gasteiger partial charge is 0.319 e. The first-order chi connectivity index (χ1) is 8.62. The van der Waals surface area contributed by atoms with Gasteiger partial charge in [-0.15, -0.1) is 0 Å². The van der Waals surface area contributed by atoms with Crippen molar-refractivity contribution in [2.45, 2.75) is 26.8 Å². The SMILES string of the molecule is CC(C)(C)C(N)C(=O)Nc1cc(Cl)ccc1[N+](=O)[O-]. The van der Waals surface area contributed by atoms with Crippen LogP contribution in [-0.2, 0) is 4.79 Å². The molecule has 0 aliphatic carbocycles. The maximum atomic E-state index is 11.9. The molecular formula is C12H16ClN3O3. The minimum atomic E-state index is -0.786. The molecule has 7 heteroatoms. The van der Waals surface area contributed by atoms with E-state index in [2.05, 4.69) is 5.32 Å². The number of halogens is 1. The third-order valence-corrected chi connectivity index (χ3v) is 2.86. The lowest BCUT2D eigenvalue weighted by molar-refractivity contribution is -0.383. The van der Waals surface area contributed by atoms with Crippen LogP contribution in [0.3, 0.4) is 0 Å². The number of hydrogen-bond acceptors (Lipinski definition) is 4. The van der Waals surface area contributed by atoms with Gasteiger partial charge in [0.15, 0.2) is 0 Å². The molecular weight excluding hydrogens is 270 g/mol. The summed E-state index contributed by atoms with van der Waals surface area (Å²) in [6, 6.07) is 3.16. The van der Waals surface area contributed by atoms with E-state index in [9.17, 15) is 14.9 Å². The fraction of sp³-hybridized carbons (Fsp3) is 0.417. The molecule has 0 aromatic heterocycles. The highest BCUT2D eigenvalue weighted by Gasteiger charge is 2.28. The maximum absolute atomic E-state index is 11.9. The first-order valence-corrected chi connectivity index (χ1v) is 6.01. The number of benzene rings is 1. The fourth-order valence-corrected chi connectivity index (χ4v) is 1.54. The second-order valence-electron chi connectivity index (χ2n) is 5.25. The number of amides is 1. The lowest BCUT2D eigenvalue weighted by Gasteiger charge is -2.25. The topological polar surface area (TPSA) is 98.3 Å². The number of hydrogen-bond donors (Lipinski definition) is 2. The van der Waals surface area contributed by atoms with Crippen molar-refractivity contribution in [1.82, 2.24) is 0 Å². The van der Waals surface area contributed by atoms with Crippen molar-refractivity contribution >= 4 is 28.9 Å². The smallest absolute Gasteiger partial charge is 0.292 e. The van der Waals surface area contributed by atoms with Gasteiger partial charge in [-0.1, -0.05) is 32.4 Å². The molecule has 0 fully saturated rings. The van der Waals surface area contributed by atoms with Gasteiger partial charge in [-0.05, 0) is 17.5 Å². The van der Waals surface area contributed by atoms with Crippen molar-refractivity contribution in [3.8, 4) is 0 Å². The van der Waals surface area contributed by atoms with Gasteiger partial charge in [-0.25, -0.2) is 0 Å². The van der Waals surface area contributed by atoms with Crippen LogP contribution in [0, 0.1) is 15.5 Å². The molecule has 1 unspecified atom stereocenters. The lowest BCUT2D eigenvalue weighted by atomic mass is 9.87. The van der Waals surface area contributed by atoms with Gasteiger partial charge in [0.1, 0.15) is 5.69 Å². The summed E-state index contributed by atoms with van der Waals surface area (Å²) in [5.74, 6) is -0.488. The Balaban J connectivity index is 3.02. The molecule has 0 spiro atoms. The maximum Gasteiger partial charge on any atom is 0.292 e. The average molecular weight is 286 g/mol. The van der Waals surface area contributed by atoms with E-state index in [1.165, 1.54) is 18.2 Å². The Morgan fingerprint density at radius 2 is 2.05 bits per heavy atom. The van der Waals surface area contributed by atoms with Gasteiger partial charge in [0, 0.05) is 11.1 Å². The van der Waals surface area contributed by atoms with E-state index in [1.54, 1.807) is 0 Å². The summed E-state index contributed by atoms with van der Waals surface area (Å²) in [7, 11) is 0. The van der Waals surface area contributed by atoms with E-state index in [1.807, 2.05) is 20.8 Å². The Morgan fingerprint density at radius 3 is 2.53 bits per heavy atom. The van der Waals surface area contributed by atoms with E-state index in [-0.39, 0.29) is 11.4 Å². The molecule has 6 nitrogen and oxygen atoms in total. The van der Waals surface area contributed by atoms with Crippen LogP contribution in [0.15, 0.2) is 18.2 Å². The van der Waals surface area contributed by atoms with Crippen LogP contribution in [0.1, 0.15) is 20.8 Å². The quantitative estimate of drug-likeness (QED) is 0.658. The summed E-state index contributed by atoms with van der Waals surface area (Å²) in [6.45, 7) is 5.43. The molecule has 1 amide bonds. The molecule has 0 bridgehead atoms. The molecule has 1 atom stereocenters. The summed E-state index contributed by atoms with van der Waals surface area (Å²) >= 11 is 5.77. The molecule has 0 heterocycles. The molecule has 1 rings (SSSR count). The highest BCUT2D eigenvalue weighted by Crippen LogP contribution is 2.28. The predicted octanol–water partition coefficient (Wildman–Crippen LogP) is 2.56. The van der Waals surface area contributed by atoms with Crippen molar-refractivity contribution in [1.29, 1.82) is 0 Å². The van der Waals surface area contributed by atoms with Gasteiger partial charge in [0.05, 0.1) is 11.0 Å². The number of nitrogens with two attached hydrogens (primary N) is 1. The Kier molecular flexibility index (Phi) is 4.49. The Bertz CT molecular complexity index is 511. The molecule has 0 radical (unpaired) electrons. The summed E-state index contributed by atoms with van der Waals surface area (Å²) in [4.78, 5) is 22.2. The zero-order valence-electron chi connectivity index (χ0n) is 10.9. The normalized spacial score (nSPS) is 12.9. The highest BCUT2D eigenvalue weighted by atomic mass is 35.5. The van der Waals surface area contributed by atoms with E-state index in [0.29, 0.717) is 5.02 Å². The molecule has 19 heavy (non-hydrogen) atoms. The van der Waals surface area contributed by atoms with E-state index in [4.69, 9.17) is 17.3 Å². The second kappa shape index (κ2) is 5.54. The summed E-state index contributed by atoms with van der Waals surface area (Å²) in [5.41, 5.74) is 5.16. The summed E-state index contributed by atoms with van der Waals surface area (Å²) < 4.78 is 0. The minimum absolute atomic E-state index is 0.0437. The van der Waals surface area contributed by atoms with Gasteiger partial charge in [0.25, 0.3) is 5.69 Å². The molecule has 0 saturated carbocycles. The van der Waals surface area contributed by atoms with Crippen molar-refractivity contribution in [2.24, 2.45) is 11.1 Å². The van der Waals surface area contributed by atoms with Crippen LogP contribution in [0.25, 0.3) is 0 Å². The van der Waals surface area contributed by atoms with Gasteiger partial charge in [0.2, 0.25) is 5.91 Å². The predicted molar refractivity (Wildman–Crippen MR) is 74.2 cm³/mol. The third kappa shape index (κ3) is 3.90. The van der Waals surface area contributed by atoms with Crippen LogP contribution < -0.4 is 11.1 Å². The van der Waals surface area contributed by atoms with E-state index < -0.39 is 22.3 Å². The fourth-order valence-electron chi connectivity index (χ4n) is 1.37. The molecule has 1 aromatic rings. The molecule has 0 aliphatic rings. The van der Waals surface area contributed by atoms with Gasteiger partial charge in [-0.3, -0.25) is 14.9 Å². The number of rotatable bonds is 3. The lowest BCUT2D eigenvalue weighted by Crippen LogP contribution is -2.45. The van der Waals surface area contributed by atoms with Crippen LogP contribution in [0.5, 0.6) is 0 Å². The van der Waals surface area contributed by atoms with Crippen LogP contribution in [0.4, 0.5) is 11.4 Å². The highest BCUT2D eigenvalue weighted by molar-refractivity contribution is 6.31. The van der Waals surface area contributed by atoms with Crippen molar-refractivity contribution in [3.63, 3.8) is 0 Å². The van der Waals surface area contributed by atoms with Crippen molar-refractivity contribution < 1.29 is 9.72 Å². The summed E-state index contributed by atoms with van der Waals surface area (Å²) in [6.07, 6.45) is 0. The van der Waals surface area contributed by atoms with E-state index in [0.717, 1.165) is 0 Å². The zero-order valence-corrected chi connectivity index (χ0v) is 11.7. The summed E-state index contributed by atoms with van der Waals surface area (Å²) in [5, 5.41) is 13.6. The zero-order chi connectivity index (χ0) is 14.8. The monoisotopic (exact) mass is 285 g/mol. The van der Waals surface area contributed by atoms with Gasteiger partial charge in [-0.2, -0.15) is 0 Å². The van der Waals surface area contributed by atoms with Crippen LogP contribution in [0.2, 0.25) is 5.02 Å². The van der Waals surface area contributed by atoms with Gasteiger partial charge < -0.3 is 11.1 Å². The molecule has 0 aliphatic heterocycles. The Labute approximate surface area is 116 Å². The molecule has 104 valence electrons. The Morgan fingerprint density at radius 1 is 1.47 bits per heavy atom. The van der Waals surface area contributed by atoms with Crippen molar-refractivity contribution in [3.05, 3.63) is 33.3 Å². The third-order valence-electron chi connectivity index (χ3n) is 2.63. The molecule has 0 saturated heterocycles. The standard InChI is InChI=1S/C12H16ClN3O3/c1-12(2,3)10(14)11(17)15-8-6-7(13)4-5-9(8)16(18)19/h4-6,10H,14H2,1-3H3,(H,15,17). The number of carbonyl (C=O) groups is 1. The van der Waals surface area contributed by atoms with Gasteiger partial charge >= 0.3 is 0 Å². The molecule has 1 aromatic carbocycles. The average Bonchev–Trinajstić information content (AvgIpc) is 2.26. The van der Waals surface area contributed by atoms with Crippen molar-refractivity contribution in [2.75, 3.05) is 5.32 Å². The number of carbonyl (C=O) groups excluding carboxylic acids is 1. The number of anilines is 1. The molecule has 3 N–H and O–H groups in total. The number of nitro groups is 1. The minimum Gasteiger partial charge on any atom is -0.319 e. The number of nitro benzene ring substituents is 1. The number of nitrogens with one attached hydrogen (secondary N) is 1. The van der Waals surface area contributed by atoms with Crippen LogP contribution in [-0.4, -0.2) is 16.9 Å². The first kappa shape index (κ1) is 15.4. The first-order valence-electron chi connectivity index (χ1n) is 5.63. The van der Waals surface area contributed by atoms with Crippen LogP contribution >= 0.6 is 11.6 Å². The Hall–Kier alpha value is -1.66. The van der Waals surface area contributed by atoms with E-state index >= 15 is 0 Å². The number of nitrogens with zero attached hydrogens (tertiary/aromatic N) is 1. The second-order valence-corrected chi connectivity index (χ2v) is 5.69.